The van der Waals surface area contributed by atoms with Gasteiger partial charge in [0, 0.05) is 49.2 Å². The average Bonchev–Trinajstić information content (AvgIpc) is 3.44. The van der Waals surface area contributed by atoms with Crippen LogP contribution in [0.2, 0.25) is 0 Å². The summed E-state index contributed by atoms with van der Waals surface area (Å²) in [5, 5.41) is 10.4. The molecule has 1 aromatic heterocycles. The molecule has 6 rings (SSSR count). The lowest BCUT2D eigenvalue weighted by molar-refractivity contribution is 0.0240. The molecule has 1 aromatic carbocycles. The number of benzene rings is 1. The third-order valence-electron chi connectivity index (χ3n) is 9.90. The van der Waals surface area contributed by atoms with E-state index in [9.17, 15) is 9.90 Å². The van der Waals surface area contributed by atoms with Crippen LogP contribution < -0.4 is 9.64 Å². The Hall–Kier alpha value is -3.07. The molecule has 9 heteroatoms. The highest BCUT2D eigenvalue weighted by atomic mass is 16.6. The topological polar surface area (TPSA) is 91.3 Å². The minimum Gasteiger partial charge on any atom is -0.508 e. The van der Waals surface area contributed by atoms with E-state index < -0.39 is 5.60 Å². The third-order valence-corrected chi connectivity index (χ3v) is 9.90. The minimum absolute atomic E-state index is 0.0302. The maximum absolute atomic E-state index is 12.7. The molecule has 4 aliphatic rings. The van der Waals surface area contributed by atoms with Crippen molar-refractivity contribution in [1.29, 1.82) is 0 Å². The first-order valence-corrected chi connectivity index (χ1v) is 16.3. The predicted octanol–water partition coefficient (Wildman–Crippen LogP) is 5.25. The Labute approximate surface area is 256 Å². The number of aromatic nitrogens is 2. The molecule has 0 radical (unpaired) electrons. The quantitative estimate of drug-likeness (QED) is 0.504. The molecule has 234 valence electrons. The molecule has 43 heavy (non-hydrogen) atoms. The molecule has 2 atom stereocenters. The summed E-state index contributed by atoms with van der Waals surface area (Å²) in [7, 11) is 0. The van der Waals surface area contributed by atoms with Crippen LogP contribution in [0.4, 0.5) is 10.6 Å². The number of hydrogen-bond donors (Lipinski definition) is 1. The molecule has 1 N–H and O–H groups in total. The lowest BCUT2D eigenvalue weighted by Gasteiger charge is -2.43. The number of piperazine rings is 1. The number of fused-ring (bicyclic) bond motifs is 3. The van der Waals surface area contributed by atoms with Crippen molar-refractivity contribution in [2.45, 2.75) is 109 Å². The second kappa shape index (κ2) is 11.8. The Kier molecular flexibility index (Phi) is 8.22. The monoisotopic (exact) mass is 591 g/mol. The van der Waals surface area contributed by atoms with Crippen LogP contribution in [0.25, 0.3) is 0 Å². The van der Waals surface area contributed by atoms with Crippen molar-refractivity contribution in [2.75, 3.05) is 44.2 Å². The van der Waals surface area contributed by atoms with Gasteiger partial charge in [-0.3, -0.25) is 4.90 Å². The van der Waals surface area contributed by atoms with Gasteiger partial charge >= 0.3 is 12.1 Å². The average molecular weight is 592 g/mol. The van der Waals surface area contributed by atoms with Gasteiger partial charge in [0.2, 0.25) is 0 Å². The molecule has 1 unspecified atom stereocenters. The van der Waals surface area contributed by atoms with Crippen LogP contribution in [0, 0.1) is 0 Å². The van der Waals surface area contributed by atoms with E-state index in [0.29, 0.717) is 56.6 Å². The Bertz CT molecular complexity index is 1330. The van der Waals surface area contributed by atoms with E-state index in [-0.39, 0.29) is 11.5 Å². The summed E-state index contributed by atoms with van der Waals surface area (Å²) in [5.41, 5.74) is 4.38. The number of ether oxygens (including phenoxy) is 2. The highest BCUT2D eigenvalue weighted by molar-refractivity contribution is 5.68. The second-order valence-electron chi connectivity index (χ2n) is 14.3. The fourth-order valence-corrected chi connectivity index (χ4v) is 7.78. The van der Waals surface area contributed by atoms with Crippen LogP contribution in [-0.4, -0.2) is 88.0 Å². The Morgan fingerprint density at radius 2 is 1.86 bits per heavy atom. The fraction of sp³-hybridized carbons (Fsp3) is 0.676. The van der Waals surface area contributed by atoms with Crippen molar-refractivity contribution in [1.82, 2.24) is 19.8 Å². The molecule has 3 heterocycles. The number of nitrogens with zero attached hydrogens (tertiary/aromatic N) is 5. The summed E-state index contributed by atoms with van der Waals surface area (Å²) in [5.74, 6) is 1.30. The van der Waals surface area contributed by atoms with Gasteiger partial charge in [0.1, 0.15) is 23.8 Å². The first-order chi connectivity index (χ1) is 20.5. The van der Waals surface area contributed by atoms with Crippen LogP contribution >= 0.6 is 0 Å². The number of carbonyl (C=O) groups excluding carboxylic acids is 1. The number of likely N-dealkylation sites (tertiary alicyclic amines) is 1. The number of anilines is 1. The first-order valence-electron chi connectivity index (χ1n) is 16.3. The number of carbonyl (C=O) groups is 1. The van der Waals surface area contributed by atoms with Gasteiger partial charge < -0.3 is 24.4 Å². The van der Waals surface area contributed by atoms with E-state index in [1.54, 1.807) is 4.90 Å². The van der Waals surface area contributed by atoms with Gasteiger partial charge in [0.05, 0.1) is 5.69 Å². The summed E-state index contributed by atoms with van der Waals surface area (Å²) < 4.78 is 12.1. The molecule has 2 saturated heterocycles. The van der Waals surface area contributed by atoms with E-state index in [0.717, 1.165) is 63.0 Å². The van der Waals surface area contributed by atoms with Crippen LogP contribution in [0.15, 0.2) is 18.2 Å². The molecule has 1 amide bonds. The van der Waals surface area contributed by atoms with Gasteiger partial charge in [-0.2, -0.15) is 9.97 Å². The molecule has 2 aromatic rings. The molecule has 0 bridgehead atoms. The molecule has 9 nitrogen and oxygen atoms in total. The van der Waals surface area contributed by atoms with Crippen LogP contribution in [0.5, 0.6) is 11.8 Å². The van der Waals surface area contributed by atoms with Crippen molar-refractivity contribution in [3.63, 3.8) is 0 Å². The van der Waals surface area contributed by atoms with Crippen molar-refractivity contribution in [3.05, 3.63) is 40.6 Å². The fourth-order valence-electron chi connectivity index (χ4n) is 7.78. The molecule has 0 saturated carbocycles. The maximum Gasteiger partial charge on any atom is 0.410 e. The summed E-state index contributed by atoms with van der Waals surface area (Å²) in [6.45, 7) is 14.5. The van der Waals surface area contributed by atoms with Crippen LogP contribution in [0.1, 0.15) is 89.1 Å². The number of rotatable bonds is 5. The molecule has 2 fully saturated rings. The normalized spacial score (nSPS) is 24.3. The van der Waals surface area contributed by atoms with Gasteiger partial charge in [0.25, 0.3) is 0 Å². The Morgan fingerprint density at radius 3 is 2.60 bits per heavy atom. The van der Waals surface area contributed by atoms with E-state index >= 15 is 0 Å². The van der Waals surface area contributed by atoms with E-state index in [1.165, 1.54) is 23.1 Å². The van der Waals surface area contributed by atoms with Crippen LogP contribution in [0.3, 0.4) is 0 Å². The van der Waals surface area contributed by atoms with Gasteiger partial charge in [-0.05, 0) is 116 Å². The number of aromatic hydroxyl groups is 1. The molecule has 2 aliphatic heterocycles. The summed E-state index contributed by atoms with van der Waals surface area (Å²) in [6.07, 6.45) is 8.09. The van der Waals surface area contributed by atoms with Crippen molar-refractivity contribution < 1.29 is 19.4 Å². The standard InChI is InChI=1S/C34H49N5O4/c1-23(2)39-15-7-9-25(39)22-42-31-35-29-21-34(13-6-8-24-10-11-26(40)20-28(24)34)14-12-27(29)30(36-31)37-16-18-38(19-17-37)32(41)43-33(3,4)5/h10-11,20,23,25,40H,6-9,12-19,21-22H2,1-5H3/t25-,34?/m0/s1. The Morgan fingerprint density at radius 1 is 1.07 bits per heavy atom. The van der Waals surface area contributed by atoms with E-state index in [1.807, 2.05) is 32.9 Å². The third kappa shape index (κ3) is 6.28. The van der Waals surface area contributed by atoms with Crippen molar-refractivity contribution in [2.24, 2.45) is 0 Å². The smallest absolute Gasteiger partial charge is 0.410 e. The zero-order chi connectivity index (χ0) is 30.4. The van der Waals surface area contributed by atoms with Gasteiger partial charge in [-0.25, -0.2) is 4.79 Å². The van der Waals surface area contributed by atoms with E-state index in [2.05, 4.69) is 29.7 Å². The SMILES string of the molecule is CC(C)N1CCC[C@H]1COc1nc2c(c(N3CCN(C(=O)OC(C)(C)C)CC3)n1)CCC1(CCCc3ccc(O)cc31)C2. The van der Waals surface area contributed by atoms with Gasteiger partial charge in [0.15, 0.2) is 0 Å². The zero-order valence-electron chi connectivity index (χ0n) is 26.7. The van der Waals surface area contributed by atoms with Crippen molar-refractivity contribution in [3.8, 4) is 11.8 Å². The largest absolute Gasteiger partial charge is 0.508 e. The summed E-state index contributed by atoms with van der Waals surface area (Å²) in [6, 6.07) is 7.24. The van der Waals surface area contributed by atoms with Gasteiger partial charge in [-0.15, -0.1) is 0 Å². The predicted molar refractivity (Wildman–Crippen MR) is 167 cm³/mol. The molecule has 2 aliphatic carbocycles. The highest BCUT2D eigenvalue weighted by Gasteiger charge is 2.42. The number of phenols is 1. The number of amides is 1. The number of hydrogen-bond acceptors (Lipinski definition) is 8. The second-order valence-corrected chi connectivity index (χ2v) is 14.3. The Balaban J connectivity index is 1.28. The van der Waals surface area contributed by atoms with Gasteiger partial charge in [-0.1, -0.05) is 6.07 Å². The zero-order valence-corrected chi connectivity index (χ0v) is 26.7. The number of phenolic OH excluding ortho intramolecular Hbond substituents is 1. The summed E-state index contributed by atoms with van der Waals surface area (Å²) >= 11 is 0. The lowest BCUT2D eigenvalue weighted by Crippen LogP contribution is -2.50. The molecular weight excluding hydrogens is 542 g/mol. The minimum atomic E-state index is -0.513. The first kappa shape index (κ1) is 30.0. The van der Waals surface area contributed by atoms with E-state index in [4.69, 9.17) is 19.4 Å². The lowest BCUT2D eigenvalue weighted by atomic mass is 9.62. The number of aryl methyl sites for hydroxylation is 1. The molecule has 1 spiro atoms. The summed E-state index contributed by atoms with van der Waals surface area (Å²) in [4.78, 5) is 29.5. The highest BCUT2D eigenvalue weighted by Crippen LogP contribution is 2.48. The maximum atomic E-state index is 12.7. The van der Waals surface area contributed by atoms with Crippen LogP contribution in [-0.2, 0) is 29.4 Å². The van der Waals surface area contributed by atoms with Crippen molar-refractivity contribution >= 4 is 11.9 Å². The molecular formula is C34H49N5O4.